The van der Waals surface area contributed by atoms with Crippen LogP contribution in [0.3, 0.4) is 0 Å². The molecule has 0 bridgehead atoms. The van der Waals surface area contributed by atoms with E-state index in [0.29, 0.717) is 0 Å². The maximum atomic E-state index is 10.1. The summed E-state index contributed by atoms with van der Waals surface area (Å²) >= 11 is 0. The first-order valence-corrected chi connectivity index (χ1v) is 4.59. The highest BCUT2D eigenvalue weighted by Gasteiger charge is 1.87. The first-order chi connectivity index (χ1) is 6.72. The van der Waals surface area contributed by atoms with Gasteiger partial charge in [-0.3, -0.25) is 4.79 Å². The topological polar surface area (TPSA) is 17.1 Å². The largest absolute Gasteiger partial charge is 0.299 e. The fourth-order valence-electron chi connectivity index (χ4n) is 1.16. The van der Waals surface area contributed by atoms with Gasteiger partial charge in [-0.2, -0.15) is 0 Å². The lowest BCUT2D eigenvalue weighted by Gasteiger charge is -1.96. The van der Waals surface area contributed by atoms with E-state index in [-0.39, 0.29) is 0 Å². The highest BCUT2D eigenvalue weighted by atomic mass is 16.1. The zero-order chi connectivity index (χ0) is 10.4. The molecular formula is C13H14O. The summed E-state index contributed by atoms with van der Waals surface area (Å²) in [5.41, 5.74) is 3.48. The van der Waals surface area contributed by atoms with Crippen molar-refractivity contribution in [2.24, 2.45) is 0 Å². The molecule has 0 aromatic heterocycles. The van der Waals surface area contributed by atoms with Crippen LogP contribution in [0.1, 0.15) is 18.1 Å². The van der Waals surface area contributed by atoms with Gasteiger partial charge in [-0.05, 0) is 25.5 Å². The standard InChI is InChI=1S/C13H14O/c1-11-5-7-13(8-6-11)10-12(2)4-3-9-14/h3-10H,1-2H3/b4-3+,12-10?. The van der Waals surface area contributed by atoms with Gasteiger partial charge in [-0.25, -0.2) is 0 Å². The second-order valence-corrected chi connectivity index (χ2v) is 3.29. The first-order valence-electron chi connectivity index (χ1n) is 4.59. The number of allylic oxidation sites excluding steroid dienone is 3. The summed E-state index contributed by atoms with van der Waals surface area (Å²) in [7, 11) is 0. The van der Waals surface area contributed by atoms with E-state index in [0.717, 1.165) is 17.4 Å². The fourth-order valence-corrected chi connectivity index (χ4v) is 1.16. The van der Waals surface area contributed by atoms with Crippen LogP contribution in [0.5, 0.6) is 0 Å². The van der Waals surface area contributed by atoms with Crippen molar-refractivity contribution in [1.29, 1.82) is 0 Å². The highest BCUT2D eigenvalue weighted by Crippen LogP contribution is 2.08. The number of carbonyl (C=O) groups excluding carboxylic acids is 1. The zero-order valence-corrected chi connectivity index (χ0v) is 8.53. The van der Waals surface area contributed by atoms with Crippen molar-refractivity contribution in [2.45, 2.75) is 13.8 Å². The molecule has 0 N–H and O–H groups in total. The van der Waals surface area contributed by atoms with E-state index in [2.05, 4.69) is 31.2 Å². The summed E-state index contributed by atoms with van der Waals surface area (Å²) in [6.07, 6.45) is 6.12. The summed E-state index contributed by atoms with van der Waals surface area (Å²) in [4.78, 5) is 10.1. The van der Waals surface area contributed by atoms with Crippen LogP contribution >= 0.6 is 0 Å². The minimum absolute atomic E-state index is 0.784. The Labute approximate surface area is 84.8 Å². The maximum Gasteiger partial charge on any atom is 0.142 e. The molecule has 0 atom stereocenters. The molecule has 1 heteroatoms. The monoisotopic (exact) mass is 186 g/mol. The van der Waals surface area contributed by atoms with Crippen LogP contribution in [0.4, 0.5) is 0 Å². The predicted molar refractivity (Wildman–Crippen MR) is 60.0 cm³/mol. The number of aryl methyl sites for hydroxylation is 1. The summed E-state index contributed by atoms with van der Waals surface area (Å²) < 4.78 is 0. The molecule has 1 rings (SSSR count). The van der Waals surface area contributed by atoms with Crippen LogP contribution in [0.25, 0.3) is 6.08 Å². The second kappa shape index (κ2) is 5.18. The predicted octanol–water partition coefficient (Wildman–Crippen LogP) is 3.15. The van der Waals surface area contributed by atoms with Crippen LogP contribution < -0.4 is 0 Å². The van der Waals surface area contributed by atoms with E-state index in [9.17, 15) is 4.79 Å². The number of hydrogen-bond acceptors (Lipinski definition) is 1. The maximum absolute atomic E-state index is 10.1. The van der Waals surface area contributed by atoms with Crippen molar-refractivity contribution in [3.8, 4) is 0 Å². The minimum atomic E-state index is 0.784. The summed E-state index contributed by atoms with van der Waals surface area (Å²) in [6, 6.07) is 8.27. The van der Waals surface area contributed by atoms with Gasteiger partial charge in [0.15, 0.2) is 0 Å². The smallest absolute Gasteiger partial charge is 0.142 e. The van der Waals surface area contributed by atoms with Crippen molar-refractivity contribution in [2.75, 3.05) is 0 Å². The average molecular weight is 186 g/mol. The minimum Gasteiger partial charge on any atom is -0.299 e. The molecule has 0 aliphatic heterocycles. The Bertz CT molecular complexity index is 355. The quantitative estimate of drug-likeness (QED) is 0.402. The lowest BCUT2D eigenvalue weighted by Crippen LogP contribution is -1.75. The summed E-state index contributed by atoms with van der Waals surface area (Å²) in [5, 5.41) is 0. The van der Waals surface area contributed by atoms with Gasteiger partial charge < -0.3 is 0 Å². The molecular weight excluding hydrogens is 172 g/mol. The fraction of sp³-hybridized carbons (Fsp3) is 0.154. The van der Waals surface area contributed by atoms with Gasteiger partial charge in [0.05, 0.1) is 0 Å². The summed E-state index contributed by atoms with van der Waals surface area (Å²) in [5.74, 6) is 0. The normalized spacial score (nSPS) is 12.0. The molecule has 0 saturated heterocycles. The molecule has 0 aliphatic rings. The van der Waals surface area contributed by atoms with Crippen molar-refractivity contribution in [3.63, 3.8) is 0 Å². The van der Waals surface area contributed by atoms with Crippen molar-refractivity contribution < 1.29 is 4.79 Å². The molecule has 0 unspecified atom stereocenters. The zero-order valence-electron chi connectivity index (χ0n) is 8.53. The molecule has 0 spiro atoms. The lowest BCUT2D eigenvalue weighted by atomic mass is 10.1. The van der Waals surface area contributed by atoms with Gasteiger partial charge in [0.1, 0.15) is 6.29 Å². The van der Waals surface area contributed by atoms with Gasteiger partial charge >= 0.3 is 0 Å². The van der Waals surface area contributed by atoms with E-state index < -0.39 is 0 Å². The molecule has 0 aliphatic carbocycles. The Morgan fingerprint density at radius 2 is 1.86 bits per heavy atom. The number of hydrogen-bond donors (Lipinski definition) is 0. The Morgan fingerprint density at radius 3 is 2.43 bits per heavy atom. The third-order valence-electron chi connectivity index (χ3n) is 1.91. The van der Waals surface area contributed by atoms with Gasteiger partial charge in [0, 0.05) is 0 Å². The van der Waals surface area contributed by atoms with Gasteiger partial charge in [0.25, 0.3) is 0 Å². The Morgan fingerprint density at radius 1 is 1.21 bits per heavy atom. The molecule has 72 valence electrons. The number of benzene rings is 1. The molecule has 0 saturated carbocycles. The van der Waals surface area contributed by atoms with E-state index in [1.54, 1.807) is 6.08 Å². The van der Waals surface area contributed by atoms with E-state index in [1.165, 1.54) is 11.6 Å². The third-order valence-corrected chi connectivity index (χ3v) is 1.91. The van der Waals surface area contributed by atoms with Crippen molar-refractivity contribution >= 4 is 12.4 Å². The summed E-state index contributed by atoms with van der Waals surface area (Å²) in [6.45, 7) is 4.03. The first kappa shape index (κ1) is 10.5. The Kier molecular flexibility index (Phi) is 3.86. The molecule has 0 amide bonds. The van der Waals surface area contributed by atoms with E-state index in [1.807, 2.05) is 13.0 Å². The van der Waals surface area contributed by atoms with Gasteiger partial charge in [-0.1, -0.05) is 47.6 Å². The number of aldehydes is 1. The van der Waals surface area contributed by atoms with Gasteiger partial charge in [-0.15, -0.1) is 0 Å². The Hall–Kier alpha value is -1.63. The molecule has 1 aromatic carbocycles. The molecule has 0 radical (unpaired) electrons. The molecule has 0 heterocycles. The van der Waals surface area contributed by atoms with Crippen LogP contribution in [-0.2, 0) is 4.79 Å². The van der Waals surface area contributed by atoms with E-state index in [4.69, 9.17) is 0 Å². The van der Waals surface area contributed by atoms with Crippen LogP contribution in [0.15, 0.2) is 42.0 Å². The SMILES string of the molecule is CC(=Cc1ccc(C)cc1)/C=C/C=O. The van der Waals surface area contributed by atoms with Crippen molar-refractivity contribution in [1.82, 2.24) is 0 Å². The Balaban J connectivity index is 2.81. The third kappa shape index (κ3) is 3.40. The molecule has 1 nitrogen and oxygen atoms in total. The van der Waals surface area contributed by atoms with Crippen LogP contribution in [0.2, 0.25) is 0 Å². The number of rotatable bonds is 3. The molecule has 14 heavy (non-hydrogen) atoms. The highest BCUT2D eigenvalue weighted by molar-refractivity contribution is 5.67. The average Bonchev–Trinajstić information content (AvgIpc) is 2.18. The van der Waals surface area contributed by atoms with Crippen LogP contribution in [0, 0.1) is 6.92 Å². The lowest BCUT2D eigenvalue weighted by molar-refractivity contribution is -0.104. The molecule has 1 aromatic rings. The number of carbonyl (C=O) groups is 1. The van der Waals surface area contributed by atoms with Crippen molar-refractivity contribution in [3.05, 3.63) is 53.1 Å². The van der Waals surface area contributed by atoms with Gasteiger partial charge in [0.2, 0.25) is 0 Å². The molecule has 0 fully saturated rings. The second-order valence-electron chi connectivity index (χ2n) is 3.29. The van der Waals surface area contributed by atoms with E-state index >= 15 is 0 Å². The van der Waals surface area contributed by atoms with Crippen LogP contribution in [-0.4, -0.2) is 6.29 Å².